The lowest BCUT2D eigenvalue weighted by Gasteiger charge is -2.40. The maximum absolute atomic E-state index is 9.52. The van der Waals surface area contributed by atoms with Crippen molar-refractivity contribution in [2.24, 2.45) is 17.3 Å². The van der Waals surface area contributed by atoms with Crippen molar-refractivity contribution in [2.75, 3.05) is 0 Å². The smallest absolute Gasteiger partial charge is 0.0542 e. The highest BCUT2D eigenvalue weighted by Gasteiger charge is 2.34. The van der Waals surface area contributed by atoms with Gasteiger partial charge in [-0.15, -0.1) is 0 Å². The van der Waals surface area contributed by atoms with E-state index >= 15 is 0 Å². The zero-order valence-corrected chi connectivity index (χ0v) is 8.80. The summed E-state index contributed by atoms with van der Waals surface area (Å²) in [6.45, 7) is 8.88. The lowest BCUT2D eigenvalue weighted by Crippen LogP contribution is -2.33. The standard InChI is InChI=1S/C11H22O/c1-8-7-11(3,4)6-5-10(8)9(2)12/h8-10,12H,5-7H2,1-4H3. The Hall–Kier alpha value is -0.0400. The molecule has 1 fully saturated rings. The van der Waals surface area contributed by atoms with Gasteiger partial charge in [0.15, 0.2) is 0 Å². The molecule has 12 heavy (non-hydrogen) atoms. The lowest BCUT2D eigenvalue weighted by molar-refractivity contribution is 0.0305. The maximum atomic E-state index is 9.52. The molecule has 1 saturated carbocycles. The van der Waals surface area contributed by atoms with Crippen molar-refractivity contribution < 1.29 is 5.11 Å². The molecule has 0 aromatic rings. The molecule has 1 aliphatic rings. The molecule has 1 N–H and O–H groups in total. The summed E-state index contributed by atoms with van der Waals surface area (Å²) in [5.74, 6) is 1.23. The van der Waals surface area contributed by atoms with E-state index in [9.17, 15) is 5.11 Å². The van der Waals surface area contributed by atoms with Gasteiger partial charge in [0, 0.05) is 0 Å². The zero-order valence-electron chi connectivity index (χ0n) is 8.80. The molecule has 0 radical (unpaired) electrons. The van der Waals surface area contributed by atoms with Gasteiger partial charge in [0.25, 0.3) is 0 Å². The van der Waals surface area contributed by atoms with Crippen LogP contribution in [0, 0.1) is 17.3 Å². The van der Waals surface area contributed by atoms with Gasteiger partial charge < -0.3 is 5.11 Å². The Morgan fingerprint density at radius 1 is 1.42 bits per heavy atom. The van der Waals surface area contributed by atoms with E-state index < -0.39 is 0 Å². The molecule has 0 aromatic carbocycles. The average molecular weight is 170 g/mol. The van der Waals surface area contributed by atoms with Gasteiger partial charge in [-0.3, -0.25) is 0 Å². The van der Waals surface area contributed by atoms with E-state index in [1.165, 1.54) is 19.3 Å². The van der Waals surface area contributed by atoms with Crippen molar-refractivity contribution in [1.82, 2.24) is 0 Å². The fraction of sp³-hybridized carbons (Fsp3) is 1.00. The van der Waals surface area contributed by atoms with Gasteiger partial charge in [-0.05, 0) is 43.4 Å². The van der Waals surface area contributed by atoms with Crippen LogP contribution in [0.5, 0.6) is 0 Å². The van der Waals surface area contributed by atoms with E-state index in [1.807, 2.05) is 6.92 Å². The molecule has 1 nitrogen and oxygen atoms in total. The highest BCUT2D eigenvalue weighted by molar-refractivity contribution is 4.84. The summed E-state index contributed by atoms with van der Waals surface area (Å²) >= 11 is 0. The first-order chi connectivity index (χ1) is 5.42. The molecular formula is C11H22O. The molecule has 0 heterocycles. The molecular weight excluding hydrogens is 148 g/mol. The van der Waals surface area contributed by atoms with Crippen molar-refractivity contribution >= 4 is 0 Å². The molecule has 1 aliphatic carbocycles. The van der Waals surface area contributed by atoms with E-state index in [-0.39, 0.29) is 6.10 Å². The van der Waals surface area contributed by atoms with E-state index in [2.05, 4.69) is 20.8 Å². The summed E-state index contributed by atoms with van der Waals surface area (Å²) in [5, 5.41) is 9.52. The first-order valence-corrected chi connectivity index (χ1v) is 5.10. The fourth-order valence-electron chi connectivity index (χ4n) is 2.68. The maximum Gasteiger partial charge on any atom is 0.0542 e. The summed E-state index contributed by atoms with van der Waals surface area (Å²) in [6, 6.07) is 0. The van der Waals surface area contributed by atoms with Crippen LogP contribution in [0.25, 0.3) is 0 Å². The molecule has 1 heteroatoms. The van der Waals surface area contributed by atoms with Gasteiger partial charge in [-0.25, -0.2) is 0 Å². The highest BCUT2D eigenvalue weighted by Crippen LogP contribution is 2.42. The second kappa shape index (κ2) is 3.37. The van der Waals surface area contributed by atoms with Crippen LogP contribution in [-0.2, 0) is 0 Å². The van der Waals surface area contributed by atoms with Crippen LogP contribution >= 0.6 is 0 Å². The molecule has 0 bridgehead atoms. The average Bonchev–Trinajstić information content (AvgIpc) is 1.83. The predicted octanol–water partition coefficient (Wildman–Crippen LogP) is 2.83. The van der Waals surface area contributed by atoms with E-state index in [1.54, 1.807) is 0 Å². The first-order valence-electron chi connectivity index (χ1n) is 5.10. The first kappa shape index (κ1) is 10.0. The van der Waals surface area contributed by atoms with Crippen molar-refractivity contribution in [1.29, 1.82) is 0 Å². The van der Waals surface area contributed by atoms with Crippen LogP contribution in [0.15, 0.2) is 0 Å². The number of aliphatic hydroxyl groups is 1. The van der Waals surface area contributed by atoms with Crippen molar-refractivity contribution in [3.8, 4) is 0 Å². The highest BCUT2D eigenvalue weighted by atomic mass is 16.3. The Balaban J connectivity index is 2.54. The Kier molecular flexibility index (Phi) is 2.82. The van der Waals surface area contributed by atoms with Crippen molar-refractivity contribution in [3.63, 3.8) is 0 Å². The molecule has 3 atom stereocenters. The van der Waals surface area contributed by atoms with Crippen LogP contribution in [0.3, 0.4) is 0 Å². The van der Waals surface area contributed by atoms with Crippen molar-refractivity contribution in [3.05, 3.63) is 0 Å². The lowest BCUT2D eigenvalue weighted by atomic mass is 9.66. The van der Waals surface area contributed by atoms with E-state index in [0.717, 1.165) is 0 Å². The molecule has 0 saturated heterocycles. The molecule has 0 spiro atoms. The fourth-order valence-corrected chi connectivity index (χ4v) is 2.68. The number of aliphatic hydroxyl groups excluding tert-OH is 1. The summed E-state index contributed by atoms with van der Waals surface area (Å²) in [5.41, 5.74) is 0.505. The van der Waals surface area contributed by atoms with E-state index in [0.29, 0.717) is 17.3 Å². The Morgan fingerprint density at radius 2 is 2.00 bits per heavy atom. The Morgan fingerprint density at radius 3 is 2.42 bits per heavy atom. The molecule has 0 amide bonds. The van der Waals surface area contributed by atoms with Gasteiger partial charge in [-0.1, -0.05) is 20.8 Å². The minimum absolute atomic E-state index is 0.115. The Bertz CT molecular complexity index is 149. The summed E-state index contributed by atoms with van der Waals surface area (Å²) in [4.78, 5) is 0. The molecule has 72 valence electrons. The molecule has 3 unspecified atom stereocenters. The monoisotopic (exact) mass is 170 g/mol. The number of hydrogen-bond acceptors (Lipinski definition) is 1. The largest absolute Gasteiger partial charge is 0.393 e. The van der Waals surface area contributed by atoms with Crippen LogP contribution in [0.2, 0.25) is 0 Å². The van der Waals surface area contributed by atoms with Gasteiger partial charge in [0.2, 0.25) is 0 Å². The third-order valence-electron chi connectivity index (χ3n) is 3.38. The van der Waals surface area contributed by atoms with Crippen LogP contribution in [0.4, 0.5) is 0 Å². The van der Waals surface area contributed by atoms with Gasteiger partial charge in [0.05, 0.1) is 6.10 Å². The van der Waals surface area contributed by atoms with Gasteiger partial charge in [-0.2, -0.15) is 0 Å². The molecule has 0 aliphatic heterocycles. The number of hydrogen-bond donors (Lipinski definition) is 1. The number of rotatable bonds is 1. The van der Waals surface area contributed by atoms with Crippen LogP contribution < -0.4 is 0 Å². The van der Waals surface area contributed by atoms with Gasteiger partial charge >= 0.3 is 0 Å². The minimum atomic E-state index is -0.115. The molecule has 1 rings (SSSR count). The minimum Gasteiger partial charge on any atom is -0.393 e. The Labute approximate surface area is 76.2 Å². The van der Waals surface area contributed by atoms with Crippen LogP contribution in [0.1, 0.15) is 47.0 Å². The second-order valence-corrected chi connectivity index (χ2v) is 5.29. The third kappa shape index (κ3) is 2.22. The second-order valence-electron chi connectivity index (χ2n) is 5.29. The normalized spacial score (nSPS) is 37.8. The summed E-state index contributed by atoms with van der Waals surface area (Å²) in [6.07, 6.45) is 3.62. The molecule has 0 aromatic heterocycles. The summed E-state index contributed by atoms with van der Waals surface area (Å²) in [7, 11) is 0. The van der Waals surface area contributed by atoms with Crippen LogP contribution in [-0.4, -0.2) is 11.2 Å². The van der Waals surface area contributed by atoms with E-state index in [4.69, 9.17) is 0 Å². The van der Waals surface area contributed by atoms with Gasteiger partial charge in [0.1, 0.15) is 0 Å². The zero-order chi connectivity index (χ0) is 9.35. The SMILES string of the molecule is CC(O)C1CCC(C)(C)CC1C. The topological polar surface area (TPSA) is 20.2 Å². The third-order valence-corrected chi connectivity index (χ3v) is 3.38. The predicted molar refractivity (Wildman–Crippen MR) is 52.0 cm³/mol. The quantitative estimate of drug-likeness (QED) is 0.641. The summed E-state index contributed by atoms with van der Waals surface area (Å²) < 4.78 is 0. The van der Waals surface area contributed by atoms with Crippen molar-refractivity contribution in [2.45, 2.75) is 53.1 Å².